The van der Waals surface area contributed by atoms with Crippen LogP contribution >= 0.6 is 0 Å². The van der Waals surface area contributed by atoms with E-state index in [-0.39, 0.29) is 11.4 Å². The van der Waals surface area contributed by atoms with Crippen LogP contribution in [0.15, 0.2) is 11.0 Å². The standard InChI is InChI=1S/C10H15N3O6/c11-9-3(1-12-10(18)13-9)8-7(17)6(16)5(15)4(2-14)19-8/h1,4-8,14-17H,2H2,(H3,11,12,13,18)/t4-,5-,6+,7-,8?/m1/s1. The number of aromatic nitrogens is 2. The summed E-state index contributed by atoms with van der Waals surface area (Å²) >= 11 is 0. The molecule has 2 rings (SSSR count). The van der Waals surface area contributed by atoms with Crippen molar-refractivity contribution in [3.63, 3.8) is 0 Å². The third kappa shape index (κ3) is 2.46. The lowest BCUT2D eigenvalue weighted by atomic mass is 9.92. The van der Waals surface area contributed by atoms with Gasteiger partial charge in [-0.2, -0.15) is 0 Å². The molecule has 1 aromatic heterocycles. The van der Waals surface area contributed by atoms with Gasteiger partial charge in [0, 0.05) is 11.8 Å². The van der Waals surface area contributed by atoms with E-state index in [1.807, 2.05) is 0 Å². The Labute approximate surface area is 107 Å². The van der Waals surface area contributed by atoms with Gasteiger partial charge in [0.1, 0.15) is 36.3 Å². The van der Waals surface area contributed by atoms with Crippen LogP contribution in [0, 0.1) is 0 Å². The Morgan fingerprint density at radius 1 is 1.32 bits per heavy atom. The molecule has 1 aromatic rings. The van der Waals surface area contributed by atoms with Gasteiger partial charge >= 0.3 is 5.69 Å². The van der Waals surface area contributed by atoms with Crippen molar-refractivity contribution in [2.75, 3.05) is 12.3 Å². The third-order valence-corrected chi connectivity index (χ3v) is 3.07. The number of hydrogen-bond donors (Lipinski definition) is 6. The minimum Gasteiger partial charge on any atom is -0.394 e. The van der Waals surface area contributed by atoms with Crippen molar-refractivity contribution in [3.8, 4) is 0 Å². The van der Waals surface area contributed by atoms with Crippen molar-refractivity contribution in [2.45, 2.75) is 30.5 Å². The number of rotatable bonds is 2. The van der Waals surface area contributed by atoms with Gasteiger partial charge in [0.15, 0.2) is 0 Å². The number of ether oxygens (including phenoxy) is 1. The van der Waals surface area contributed by atoms with Crippen LogP contribution in [-0.4, -0.2) is 61.4 Å². The Kier molecular flexibility index (Phi) is 3.83. The summed E-state index contributed by atoms with van der Waals surface area (Å²) in [5.41, 5.74) is 5.09. The molecule has 0 radical (unpaired) electrons. The number of aliphatic hydroxyl groups excluding tert-OH is 4. The van der Waals surface area contributed by atoms with Gasteiger partial charge in [-0.3, -0.25) is 4.98 Å². The Hall–Kier alpha value is -1.52. The number of nitrogens with two attached hydrogens (primary N) is 1. The van der Waals surface area contributed by atoms with E-state index in [1.54, 1.807) is 0 Å². The van der Waals surface area contributed by atoms with Crippen LogP contribution < -0.4 is 11.4 Å². The number of anilines is 1. The van der Waals surface area contributed by atoms with E-state index in [0.29, 0.717) is 0 Å². The summed E-state index contributed by atoms with van der Waals surface area (Å²) in [6.07, 6.45) is -5.47. The Morgan fingerprint density at radius 3 is 2.58 bits per heavy atom. The smallest absolute Gasteiger partial charge is 0.346 e. The minimum absolute atomic E-state index is 0.0654. The van der Waals surface area contributed by atoms with Gasteiger partial charge in [-0.1, -0.05) is 0 Å². The average Bonchev–Trinajstić information content (AvgIpc) is 2.38. The van der Waals surface area contributed by atoms with Crippen molar-refractivity contribution in [2.24, 2.45) is 0 Å². The van der Waals surface area contributed by atoms with E-state index in [2.05, 4.69) is 9.97 Å². The second-order valence-corrected chi connectivity index (χ2v) is 4.31. The number of aromatic amines is 1. The summed E-state index contributed by atoms with van der Waals surface area (Å²) in [5.74, 6) is -0.0654. The van der Waals surface area contributed by atoms with Gasteiger partial charge < -0.3 is 30.9 Å². The van der Waals surface area contributed by atoms with Crippen LogP contribution in [0.5, 0.6) is 0 Å². The average molecular weight is 273 g/mol. The van der Waals surface area contributed by atoms with Crippen molar-refractivity contribution in [3.05, 3.63) is 22.2 Å². The van der Waals surface area contributed by atoms with Crippen LogP contribution in [0.25, 0.3) is 0 Å². The molecule has 106 valence electrons. The van der Waals surface area contributed by atoms with Gasteiger partial charge in [0.05, 0.1) is 6.61 Å². The summed E-state index contributed by atoms with van der Waals surface area (Å²) < 4.78 is 5.29. The van der Waals surface area contributed by atoms with E-state index in [4.69, 9.17) is 15.6 Å². The van der Waals surface area contributed by atoms with E-state index >= 15 is 0 Å². The molecule has 0 bridgehead atoms. The maximum atomic E-state index is 11.0. The van der Waals surface area contributed by atoms with E-state index in [0.717, 1.165) is 6.20 Å². The molecular weight excluding hydrogens is 258 g/mol. The van der Waals surface area contributed by atoms with E-state index in [1.165, 1.54) is 0 Å². The lowest BCUT2D eigenvalue weighted by Gasteiger charge is -2.40. The molecule has 2 heterocycles. The number of H-pyrrole nitrogens is 1. The molecule has 1 aliphatic rings. The fraction of sp³-hybridized carbons (Fsp3) is 0.600. The lowest BCUT2D eigenvalue weighted by Crippen LogP contribution is -2.55. The van der Waals surface area contributed by atoms with Gasteiger partial charge in [-0.15, -0.1) is 0 Å². The summed E-state index contributed by atoms with van der Waals surface area (Å²) in [6.45, 7) is -0.544. The van der Waals surface area contributed by atoms with Crippen LogP contribution in [0.3, 0.4) is 0 Å². The predicted molar refractivity (Wildman–Crippen MR) is 62.0 cm³/mol. The molecule has 5 atom stereocenters. The normalized spacial score (nSPS) is 35.3. The zero-order valence-corrected chi connectivity index (χ0v) is 9.80. The molecule has 1 aliphatic heterocycles. The molecule has 0 aliphatic carbocycles. The molecule has 0 amide bonds. The zero-order valence-electron chi connectivity index (χ0n) is 9.80. The van der Waals surface area contributed by atoms with Crippen molar-refractivity contribution < 1.29 is 25.2 Å². The van der Waals surface area contributed by atoms with Crippen LogP contribution in [0.4, 0.5) is 5.82 Å². The first-order valence-electron chi connectivity index (χ1n) is 5.61. The summed E-state index contributed by atoms with van der Waals surface area (Å²) in [4.78, 5) is 16.6. The summed E-state index contributed by atoms with van der Waals surface area (Å²) in [5, 5.41) is 38.2. The van der Waals surface area contributed by atoms with Crippen molar-refractivity contribution >= 4 is 5.82 Å². The molecule has 0 aromatic carbocycles. The predicted octanol–water partition coefficient (Wildman–Crippen LogP) is -3.13. The monoisotopic (exact) mass is 273 g/mol. The van der Waals surface area contributed by atoms with Crippen molar-refractivity contribution in [1.82, 2.24) is 9.97 Å². The highest BCUT2D eigenvalue weighted by Gasteiger charge is 2.44. The van der Waals surface area contributed by atoms with Gasteiger partial charge in [-0.05, 0) is 0 Å². The molecule has 9 nitrogen and oxygen atoms in total. The Balaban J connectivity index is 2.35. The minimum atomic E-state index is -1.51. The molecule has 1 unspecified atom stereocenters. The van der Waals surface area contributed by atoms with Crippen LogP contribution in [0.1, 0.15) is 11.7 Å². The van der Waals surface area contributed by atoms with Crippen LogP contribution in [0.2, 0.25) is 0 Å². The number of aliphatic hydroxyl groups is 4. The Bertz CT molecular complexity index is 504. The molecule has 9 heteroatoms. The van der Waals surface area contributed by atoms with E-state index in [9.17, 15) is 20.1 Å². The highest BCUT2D eigenvalue weighted by molar-refractivity contribution is 5.39. The third-order valence-electron chi connectivity index (χ3n) is 3.07. The number of hydrogen-bond acceptors (Lipinski definition) is 8. The maximum absolute atomic E-state index is 11.0. The van der Waals surface area contributed by atoms with Gasteiger partial charge in [0.25, 0.3) is 0 Å². The molecule has 1 fully saturated rings. The zero-order chi connectivity index (χ0) is 14.2. The second kappa shape index (κ2) is 5.23. The fourth-order valence-electron chi connectivity index (χ4n) is 2.00. The number of nitrogens with zero attached hydrogens (tertiary/aromatic N) is 1. The molecular formula is C10H15N3O6. The molecule has 7 N–H and O–H groups in total. The molecule has 1 saturated heterocycles. The Morgan fingerprint density at radius 2 is 2.00 bits per heavy atom. The maximum Gasteiger partial charge on any atom is 0.346 e. The van der Waals surface area contributed by atoms with Crippen LogP contribution in [-0.2, 0) is 4.74 Å². The van der Waals surface area contributed by atoms with Gasteiger partial charge in [-0.25, -0.2) is 9.78 Å². The topological polar surface area (TPSA) is 162 Å². The molecule has 0 spiro atoms. The first kappa shape index (κ1) is 13.9. The van der Waals surface area contributed by atoms with E-state index < -0.39 is 42.8 Å². The largest absolute Gasteiger partial charge is 0.394 e. The lowest BCUT2D eigenvalue weighted by molar-refractivity contribution is -0.231. The quantitative estimate of drug-likeness (QED) is 0.329. The first-order chi connectivity index (χ1) is 8.95. The molecule has 0 saturated carbocycles. The highest BCUT2D eigenvalue weighted by Crippen LogP contribution is 2.33. The second-order valence-electron chi connectivity index (χ2n) is 4.31. The SMILES string of the molecule is Nc1[nH]c(=O)ncc1C1O[C@H](CO)[C@@H](O)[C@H](O)[C@H]1O. The van der Waals surface area contributed by atoms with Gasteiger partial charge in [0.2, 0.25) is 0 Å². The summed E-state index contributed by atoms with van der Waals surface area (Å²) in [7, 11) is 0. The number of nitrogen functional groups attached to an aromatic ring is 1. The fourth-order valence-corrected chi connectivity index (χ4v) is 2.00. The number of nitrogens with one attached hydrogen (secondary N) is 1. The first-order valence-corrected chi connectivity index (χ1v) is 5.61. The highest BCUT2D eigenvalue weighted by atomic mass is 16.5. The molecule has 19 heavy (non-hydrogen) atoms. The summed E-state index contributed by atoms with van der Waals surface area (Å²) in [6, 6.07) is 0. The van der Waals surface area contributed by atoms with Crippen molar-refractivity contribution in [1.29, 1.82) is 0 Å².